The predicted octanol–water partition coefficient (Wildman–Crippen LogP) is 5.92. The van der Waals surface area contributed by atoms with Crippen LogP contribution in [-0.2, 0) is 6.54 Å². The van der Waals surface area contributed by atoms with Crippen molar-refractivity contribution in [2.24, 2.45) is 4.99 Å². The molecule has 1 atom stereocenters. The molecule has 1 fully saturated rings. The minimum atomic E-state index is -0.673. The number of nitrogens with zero attached hydrogens (tertiary/aromatic N) is 4. The first-order valence-electron chi connectivity index (χ1n) is 11.7. The van der Waals surface area contributed by atoms with Gasteiger partial charge in [0.1, 0.15) is 33.5 Å². The Labute approximate surface area is 248 Å². The van der Waals surface area contributed by atoms with Gasteiger partial charge in [-0.3, -0.25) is 9.67 Å². The zero-order valence-corrected chi connectivity index (χ0v) is 24.9. The maximum absolute atomic E-state index is 14.9. The Kier molecular flexibility index (Phi) is 7.44. The summed E-state index contributed by atoms with van der Waals surface area (Å²) in [5.74, 6) is 2.01. The van der Waals surface area contributed by atoms with Gasteiger partial charge in [-0.2, -0.15) is 16.9 Å². The van der Waals surface area contributed by atoms with Crippen molar-refractivity contribution in [1.82, 2.24) is 20.1 Å². The number of para-hydroxylation sites is 1. The van der Waals surface area contributed by atoms with Crippen LogP contribution in [0.25, 0.3) is 10.9 Å². The van der Waals surface area contributed by atoms with E-state index < -0.39 is 11.6 Å². The summed E-state index contributed by atoms with van der Waals surface area (Å²) < 4.78 is 38.0. The SMILES string of the molecule is Fc1cc(OCI)cc(F)c1Cn1nc(C2=NC(Nc3ccncc3I)=C3CSCC3N2)c2ccccc21. The summed E-state index contributed by atoms with van der Waals surface area (Å²) in [5, 5.41) is 12.7. The number of benzene rings is 2. The van der Waals surface area contributed by atoms with Gasteiger partial charge >= 0.3 is 0 Å². The van der Waals surface area contributed by atoms with Crippen LogP contribution in [0.3, 0.4) is 0 Å². The third-order valence-corrected chi connectivity index (χ3v) is 8.61. The highest BCUT2D eigenvalue weighted by Crippen LogP contribution is 2.33. The molecule has 0 saturated carbocycles. The van der Waals surface area contributed by atoms with Crippen molar-refractivity contribution in [1.29, 1.82) is 0 Å². The Balaban J connectivity index is 1.40. The zero-order valence-electron chi connectivity index (χ0n) is 19.7. The number of halogens is 4. The number of hydrogen-bond donors (Lipinski definition) is 2. The molecule has 12 heteroatoms. The minimum Gasteiger partial charge on any atom is -0.483 e. The summed E-state index contributed by atoms with van der Waals surface area (Å²) in [6, 6.07) is 12.1. The van der Waals surface area contributed by atoms with Gasteiger partial charge in [-0.15, -0.1) is 0 Å². The maximum atomic E-state index is 14.9. The van der Waals surface area contributed by atoms with Gasteiger partial charge in [0.25, 0.3) is 0 Å². The van der Waals surface area contributed by atoms with E-state index in [9.17, 15) is 8.78 Å². The molecule has 38 heavy (non-hydrogen) atoms. The Morgan fingerprint density at radius 2 is 2.00 bits per heavy atom. The summed E-state index contributed by atoms with van der Waals surface area (Å²) in [6.07, 6.45) is 3.55. The normalized spacial score (nSPS) is 16.8. The summed E-state index contributed by atoms with van der Waals surface area (Å²) in [5.41, 5.74) is 3.44. The lowest BCUT2D eigenvalue weighted by Crippen LogP contribution is -2.41. The van der Waals surface area contributed by atoms with E-state index in [0.29, 0.717) is 16.1 Å². The number of pyridine rings is 1. The molecule has 2 N–H and O–H groups in total. The molecule has 2 aliphatic rings. The Morgan fingerprint density at radius 3 is 2.79 bits per heavy atom. The number of ether oxygens (including phenoxy) is 1. The Morgan fingerprint density at radius 1 is 1.18 bits per heavy atom. The van der Waals surface area contributed by atoms with Crippen LogP contribution in [0.1, 0.15) is 11.3 Å². The molecule has 2 aliphatic heterocycles. The van der Waals surface area contributed by atoms with Crippen LogP contribution in [0.2, 0.25) is 0 Å². The average Bonchev–Trinajstić information content (AvgIpc) is 3.53. The number of nitrogens with one attached hydrogen (secondary N) is 2. The number of thioether (sulfide) groups is 1. The van der Waals surface area contributed by atoms with E-state index in [2.05, 4.69) is 38.2 Å². The highest BCUT2D eigenvalue weighted by atomic mass is 127. The molecular weight excluding hydrogens is 736 g/mol. The second kappa shape index (κ2) is 11.0. The number of anilines is 1. The van der Waals surface area contributed by atoms with E-state index in [4.69, 9.17) is 14.8 Å². The van der Waals surface area contributed by atoms with Crippen LogP contribution in [-0.4, -0.2) is 42.8 Å². The molecule has 0 radical (unpaired) electrons. The van der Waals surface area contributed by atoms with Crippen LogP contribution in [0.5, 0.6) is 5.75 Å². The fourth-order valence-corrected chi connectivity index (χ4v) is 6.55. The number of rotatable bonds is 7. The van der Waals surface area contributed by atoms with E-state index in [1.54, 1.807) is 17.1 Å². The first-order chi connectivity index (χ1) is 18.5. The average molecular weight is 756 g/mol. The molecule has 0 spiro atoms. The van der Waals surface area contributed by atoms with Crippen molar-refractivity contribution < 1.29 is 13.5 Å². The van der Waals surface area contributed by atoms with Crippen molar-refractivity contribution in [2.75, 3.05) is 21.4 Å². The van der Waals surface area contributed by atoms with Gasteiger partial charge in [-0.25, -0.2) is 13.8 Å². The number of hydrogen-bond acceptors (Lipinski definition) is 7. The minimum absolute atomic E-state index is 0.0728. The number of fused-ring (bicyclic) bond motifs is 2. The molecule has 194 valence electrons. The fraction of sp³-hybridized carbons (Fsp3) is 0.192. The molecule has 2 aromatic heterocycles. The van der Waals surface area contributed by atoms with Gasteiger partial charge in [0, 0.05) is 52.6 Å². The van der Waals surface area contributed by atoms with E-state index in [1.165, 1.54) is 17.7 Å². The summed E-state index contributed by atoms with van der Waals surface area (Å²) in [4.78, 5) is 9.14. The Hall–Kier alpha value is -2.46. The molecule has 6 rings (SSSR count). The molecule has 7 nitrogen and oxygen atoms in total. The van der Waals surface area contributed by atoms with E-state index in [0.717, 1.165) is 37.5 Å². The van der Waals surface area contributed by atoms with Crippen molar-refractivity contribution in [2.45, 2.75) is 12.6 Å². The second-order valence-corrected chi connectivity index (χ2v) is 11.5. The molecule has 1 saturated heterocycles. The number of aromatic nitrogens is 3. The highest BCUT2D eigenvalue weighted by molar-refractivity contribution is 14.1. The van der Waals surface area contributed by atoms with Gasteiger partial charge in [0.15, 0.2) is 5.84 Å². The molecule has 2 aromatic carbocycles. The Bertz CT molecular complexity index is 1580. The van der Waals surface area contributed by atoms with E-state index in [1.807, 2.05) is 64.7 Å². The van der Waals surface area contributed by atoms with Gasteiger partial charge < -0.3 is 15.4 Å². The maximum Gasteiger partial charge on any atom is 0.157 e. The number of alkyl halides is 1. The zero-order chi connectivity index (χ0) is 26.2. The summed E-state index contributed by atoms with van der Waals surface area (Å²) in [6.45, 7) is -0.0728. The first kappa shape index (κ1) is 25.8. The fourth-order valence-electron chi connectivity index (χ4n) is 4.51. The van der Waals surface area contributed by atoms with Crippen LogP contribution in [0, 0.1) is 15.2 Å². The van der Waals surface area contributed by atoms with E-state index in [-0.39, 0.29) is 23.9 Å². The van der Waals surface area contributed by atoms with Crippen LogP contribution in [0.4, 0.5) is 14.5 Å². The molecule has 0 bridgehead atoms. The van der Waals surface area contributed by atoms with Crippen molar-refractivity contribution in [3.63, 3.8) is 0 Å². The highest BCUT2D eigenvalue weighted by Gasteiger charge is 2.32. The third kappa shape index (κ3) is 4.97. The standard InChI is InChI=1S/C26H20F2I2N6OS/c27-18-7-14(37-13-29)8-19(28)16(18)10-36-23-4-2-1-3-15(23)24(35-36)26-33-22-12-38-11-17(22)25(34-26)32-21-5-6-31-9-20(21)30/h1-9,22H,10-13H2,(H,31,32)(H,33,34). The van der Waals surface area contributed by atoms with Crippen LogP contribution >= 0.6 is 56.9 Å². The van der Waals surface area contributed by atoms with Crippen LogP contribution < -0.4 is 15.4 Å². The number of aliphatic imine (C=N–C) groups is 1. The summed E-state index contributed by atoms with van der Waals surface area (Å²) in [7, 11) is 0. The van der Waals surface area contributed by atoms with Gasteiger partial charge in [-0.05, 0) is 57.3 Å². The monoisotopic (exact) mass is 756 g/mol. The van der Waals surface area contributed by atoms with Gasteiger partial charge in [0.05, 0.1) is 27.4 Å². The largest absolute Gasteiger partial charge is 0.483 e. The molecule has 4 aromatic rings. The molecule has 4 heterocycles. The van der Waals surface area contributed by atoms with Crippen LogP contribution in [0.15, 0.2) is 71.2 Å². The second-order valence-electron chi connectivity index (χ2n) is 8.67. The lowest BCUT2D eigenvalue weighted by molar-refractivity contribution is 0.395. The third-order valence-electron chi connectivity index (χ3n) is 6.35. The van der Waals surface area contributed by atoms with Gasteiger partial charge in [-0.1, -0.05) is 18.2 Å². The van der Waals surface area contributed by atoms with E-state index >= 15 is 0 Å². The quantitative estimate of drug-likeness (QED) is 0.180. The smallest absolute Gasteiger partial charge is 0.157 e. The lowest BCUT2D eigenvalue weighted by atomic mass is 10.1. The molecule has 0 amide bonds. The predicted molar refractivity (Wildman–Crippen MR) is 163 cm³/mol. The molecular formula is C26H20F2I2N6OS. The number of amidine groups is 1. The molecule has 1 unspecified atom stereocenters. The summed E-state index contributed by atoms with van der Waals surface area (Å²) >= 11 is 6.08. The molecule has 0 aliphatic carbocycles. The van der Waals surface area contributed by atoms with Crippen molar-refractivity contribution in [3.8, 4) is 5.75 Å². The van der Waals surface area contributed by atoms with Crippen molar-refractivity contribution in [3.05, 3.63) is 92.7 Å². The van der Waals surface area contributed by atoms with Crippen molar-refractivity contribution >= 4 is 79.4 Å². The lowest BCUT2D eigenvalue weighted by Gasteiger charge is -2.24. The van der Waals surface area contributed by atoms with Gasteiger partial charge in [0.2, 0.25) is 0 Å². The topological polar surface area (TPSA) is 76.4 Å². The first-order valence-corrected chi connectivity index (χ1v) is 15.4.